The Morgan fingerprint density at radius 3 is 2.29 bits per heavy atom. The number of hydrogen-bond acceptors (Lipinski definition) is 9. The molecule has 2 heterocycles. The van der Waals surface area contributed by atoms with Gasteiger partial charge in [-0.3, -0.25) is 9.62 Å². The van der Waals surface area contributed by atoms with E-state index in [1.54, 1.807) is 12.1 Å². The number of nitrogens with one attached hydrogen (secondary N) is 2. The molecule has 0 aliphatic carbocycles. The normalized spacial score (nSPS) is 14.3. The summed E-state index contributed by atoms with van der Waals surface area (Å²) in [6.45, 7) is 5.25. The van der Waals surface area contributed by atoms with E-state index in [0.29, 0.717) is 10.9 Å². The van der Waals surface area contributed by atoms with Gasteiger partial charge in [-0.25, -0.2) is 18.4 Å². The van der Waals surface area contributed by atoms with Gasteiger partial charge in [0, 0.05) is 71.2 Å². The first-order valence-corrected chi connectivity index (χ1v) is 21.3. The predicted octanol–water partition coefficient (Wildman–Crippen LogP) is 8.60. The second-order valence-corrected chi connectivity index (χ2v) is 17.3. The van der Waals surface area contributed by atoms with Crippen LogP contribution < -0.4 is 14.9 Å². The van der Waals surface area contributed by atoms with Gasteiger partial charge in [0.05, 0.1) is 10.4 Å². The average Bonchev–Trinajstić information content (AvgIpc) is 3.20. The summed E-state index contributed by atoms with van der Waals surface area (Å²) >= 11 is 8.24. The van der Waals surface area contributed by atoms with Crippen molar-refractivity contribution in [2.24, 2.45) is 0 Å². The maximum atomic E-state index is 13.6. The Morgan fingerprint density at radius 2 is 1.56 bits per heavy atom. The Hall–Kier alpha value is -4.65. The Balaban J connectivity index is 0.981. The summed E-state index contributed by atoms with van der Waals surface area (Å²) in [6, 6.07) is 40.0. The van der Waals surface area contributed by atoms with Crippen molar-refractivity contribution in [1.29, 1.82) is 0 Å². The molecule has 55 heavy (non-hydrogen) atoms. The molecule has 2 N–H and O–H groups in total. The second-order valence-electron chi connectivity index (χ2n) is 14.0. The summed E-state index contributed by atoms with van der Waals surface area (Å²) in [5.74, 6) is 1.14. The van der Waals surface area contributed by atoms with Crippen molar-refractivity contribution in [3.05, 3.63) is 138 Å². The molecule has 9 nitrogen and oxygen atoms in total. The third-order valence-corrected chi connectivity index (χ3v) is 12.6. The molecule has 0 saturated carbocycles. The van der Waals surface area contributed by atoms with Crippen LogP contribution in [0.5, 0.6) is 0 Å². The fourth-order valence-electron chi connectivity index (χ4n) is 6.80. The van der Waals surface area contributed by atoms with Crippen molar-refractivity contribution < 1.29 is 8.42 Å². The van der Waals surface area contributed by atoms with Crippen LogP contribution in [0.25, 0.3) is 22.0 Å². The Bertz CT molecular complexity index is 2290. The van der Waals surface area contributed by atoms with Crippen molar-refractivity contribution in [3.8, 4) is 11.1 Å². The topological polar surface area (TPSA) is 93.7 Å². The average molecular weight is 792 g/mol. The summed E-state index contributed by atoms with van der Waals surface area (Å²) in [7, 11) is 0.235. The highest BCUT2D eigenvalue weighted by Crippen LogP contribution is 2.30. The van der Waals surface area contributed by atoms with Crippen LogP contribution in [0.2, 0.25) is 5.02 Å². The number of halogens is 1. The molecule has 0 amide bonds. The van der Waals surface area contributed by atoms with Crippen molar-refractivity contribution in [1.82, 2.24) is 19.8 Å². The summed E-state index contributed by atoms with van der Waals surface area (Å²) in [5, 5.41) is 5.00. The zero-order chi connectivity index (χ0) is 38.2. The van der Waals surface area contributed by atoms with Crippen LogP contribution >= 0.6 is 23.4 Å². The van der Waals surface area contributed by atoms with Crippen LogP contribution in [0.1, 0.15) is 12.0 Å². The van der Waals surface area contributed by atoms with Gasteiger partial charge in [-0.15, -0.1) is 11.8 Å². The van der Waals surface area contributed by atoms with Gasteiger partial charge in [-0.1, -0.05) is 66.2 Å². The van der Waals surface area contributed by atoms with Crippen LogP contribution in [0.15, 0.2) is 137 Å². The minimum Gasteiger partial charge on any atom is -0.381 e. The smallest absolute Gasteiger partial charge is 0.263 e. The summed E-state index contributed by atoms with van der Waals surface area (Å²) in [4.78, 5) is 17.2. The van der Waals surface area contributed by atoms with Crippen molar-refractivity contribution in [3.63, 3.8) is 0 Å². The first-order valence-electron chi connectivity index (χ1n) is 18.5. The van der Waals surface area contributed by atoms with E-state index in [1.165, 1.54) is 27.9 Å². The van der Waals surface area contributed by atoms with E-state index in [2.05, 4.69) is 97.3 Å². The van der Waals surface area contributed by atoms with Crippen LogP contribution in [0.4, 0.5) is 17.2 Å². The van der Waals surface area contributed by atoms with E-state index in [-0.39, 0.29) is 16.8 Å². The molecule has 1 aliphatic heterocycles. The number of thioether (sulfide) groups is 1. The maximum Gasteiger partial charge on any atom is 0.263 e. The largest absolute Gasteiger partial charge is 0.381 e. The molecule has 0 bridgehead atoms. The van der Waals surface area contributed by atoms with Crippen molar-refractivity contribution >= 4 is 61.5 Å². The van der Waals surface area contributed by atoms with E-state index >= 15 is 0 Å². The lowest BCUT2D eigenvalue weighted by molar-refractivity contribution is 0.250. The first-order chi connectivity index (χ1) is 26.7. The van der Waals surface area contributed by atoms with Gasteiger partial charge in [-0.05, 0) is 110 Å². The standard InChI is InChI=1S/C43H46ClN7O2S2/c1-49(2)22-21-36(30-54-38-11-7-4-8-12-38)47-35-14-17-39(18-15-35)55(52,53)48-43-41-20-16-37(28-42(41)45-31-46-43)51-25-23-50(24-26-51)29-33-27-34(44)13-19-40(33)32-9-5-3-6-10-32/h3-20,27-28,31,36,47H,21-26,29-30H2,1-2H3,(H,45,46,48). The minimum absolute atomic E-state index is 0.163. The molecule has 1 aliphatic rings. The lowest BCUT2D eigenvalue weighted by Crippen LogP contribution is -2.46. The summed E-state index contributed by atoms with van der Waals surface area (Å²) in [6.07, 6.45) is 2.36. The van der Waals surface area contributed by atoms with Gasteiger partial charge >= 0.3 is 0 Å². The fourth-order valence-corrected chi connectivity index (χ4v) is 9.02. The third kappa shape index (κ3) is 10.2. The maximum absolute atomic E-state index is 13.6. The van der Waals surface area contributed by atoms with Gasteiger partial charge in [0.15, 0.2) is 5.82 Å². The molecule has 1 saturated heterocycles. The predicted molar refractivity (Wildman–Crippen MR) is 229 cm³/mol. The number of rotatable bonds is 15. The van der Waals surface area contributed by atoms with E-state index in [0.717, 1.165) is 67.8 Å². The molecule has 7 rings (SSSR count). The number of benzene rings is 5. The summed E-state index contributed by atoms with van der Waals surface area (Å²) in [5.41, 5.74) is 6.20. The van der Waals surface area contributed by atoms with Crippen molar-refractivity contribution in [2.75, 3.05) is 67.5 Å². The van der Waals surface area contributed by atoms with Crippen LogP contribution in [-0.2, 0) is 16.6 Å². The fraction of sp³-hybridized carbons (Fsp3) is 0.256. The van der Waals surface area contributed by atoms with E-state index < -0.39 is 10.0 Å². The van der Waals surface area contributed by atoms with Crippen molar-refractivity contribution in [2.45, 2.75) is 28.8 Å². The van der Waals surface area contributed by atoms with Gasteiger partial charge in [0.2, 0.25) is 0 Å². The van der Waals surface area contributed by atoms with Crippen LogP contribution in [0, 0.1) is 0 Å². The highest BCUT2D eigenvalue weighted by atomic mass is 35.5. The Labute approximate surface area is 333 Å². The zero-order valence-corrected chi connectivity index (χ0v) is 33.5. The number of hydrogen-bond donors (Lipinski definition) is 2. The van der Waals surface area contributed by atoms with E-state index in [9.17, 15) is 8.42 Å². The molecule has 1 fully saturated rings. The molecule has 284 valence electrons. The Kier molecular flexibility index (Phi) is 12.5. The molecule has 0 spiro atoms. The molecule has 5 aromatic carbocycles. The number of fused-ring (bicyclic) bond motifs is 1. The van der Waals surface area contributed by atoms with Gasteiger partial charge < -0.3 is 15.1 Å². The minimum atomic E-state index is -3.91. The highest BCUT2D eigenvalue weighted by molar-refractivity contribution is 7.99. The van der Waals surface area contributed by atoms with Gasteiger partial charge in [0.1, 0.15) is 6.33 Å². The summed E-state index contributed by atoms with van der Waals surface area (Å²) < 4.78 is 29.9. The number of anilines is 3. The lowest BCUT2D eigenvalue weighted by atomic mass is 9.99. The molecule has 1 aromatic heterocycles. The Morgan fingerprint density at radius 1 is 0.836 bits per heavy atom. The molecule has 12 heteroatoms. The first kappa shape index (κ1) is 38.6. The quantitative estimate of drug-likeness (QED) is 0.0993. The SMILES string of the molecule is CN(C)CCC(CSc1ccccc1)Nc1ccc(S(=O)(=O)Nc2ncnc3cc(N4CCN(Cc5cc(Cl)ccc5-c5ccccc5)CC4)ccc23)cc1. The second kappa shape index (κ2) is 17.9. The molecular formula is C43H46ClN7O2S2. The van der Waals surface area contributed by atoms with Gasteiger partial charge in [-0.2, -0.15) is 0 Å². The molecule has 6 aromatic rings. The monoisotopic (exact) mass is 791 g/mol. The van der Waals surface area contributed by atoms with Gasteiger partial charge in [0.25, 0.3) is 10.0 Å². The number of aromatic nitrogens is 2. The van der Waals surface area contributed by atoms with Crippen LogP contribution in [0.3, 0.4) is 0 Å². The third-order valence-electron chi connectivity index (χ3n) is 9.79. The number of sulfonamides is 1. The van der Waals surface area contributed by atoms with Crippen LogP contribution in [-0.4, -0.2) is 86.8 Å². The molecular weight excluding hydrogens is 746 g/mol. The molecule has 1 atom stereocenters. The number of piperazine rings is 1. The number of nitrogens with zero attached hydrogens (tertiary/aromatic N) is 5. The lowest BCUT2D eigenvalue weighted by Gasteiger charge is -2.36. The highest BCUT2D eigenvalue weighted by Gasteiger charge is 2.21. The van der Waals surface area contributed by atoms with E-state index in [4.69, 9.17) is 11.6 Å². The zero-order valence-electron chi connectivity index (χ0n) is 31.1. The molecule has 0 radical (unpaired) electrons. The van der Waals surface area contributed by atoms with E-state index in [1.807, 2.05) is 72.4 Å². The molecule has 1 unspecified atom stereocenters.